The van der Waals surface area contributed by atoms with Crippen LogP contribution in [0, 0.1) is 17.1 Å². The van der Waals surface area contributed by atoms with Gasteiger partial charge in [-0.2, -0.15) is 5.26 Å². The van der Waals surface area contributed by atoms with Crippen molar-refractivity contribution in [2.45, 2.75) is 25.4 Å². The van der Waals surface area contributed by atoms with Crippen molar-refractivity contribution in [3.8, 4) is 17.6 Å². The summed E-state index contributed by atoms with van der Waals surface area (Å²) in [5.41, 5.74) is 0.547. The number of hydrogen-bond acceptors (Lipinski definition) is 3. The van der Waals surface area contributed by atoms with Gasteiger partial charge in [0.05, 0.1) is 25.7 Å². The van der Waals surface area contributed by atoms with E-state index < -0.39 is 5.82 Å². The third kappa shape index (κ3) is 2.25. The Morgan fingerprint density at radius 1 is 1.50 bits per heavy atom. The molecule has 1 fully saturated rings. The highest BCUT2D eigenvalue weighted by Crippen LogP contribution is 2.37. The first-order chi connectivity index (χ1) is 7.74. The number of halogens is 1. The lowest BCUT2D eigenvalue weighted by Gasteiger charge is -2.13. The van der Waals surface area contributed by atoms with E-state index >= 15 is 0 Å². The third-order valence-corrected chi connectivity index (χ3v) is 2.39. The van der Waals surface area contributed by atoms with E-state index in [9.17, 15) is 4.39 Å². The minimum Gasteiger partial charge on any atom is -0.493 e. The van der Waals surface area contributed by atoms with E-state index in [0.717, 1.165) is 12.8 Å². The average molecular weight is 221 g/mol. The number of nitriles is 1. The number of ether oxygens (including phenoxy) is 2. The van der Waals surface area contributed by atoms with E-state index in [0.29, 0.717) is 17.1 Å². The molecule has 1 aliphatic carbocycles. The van der Waals surface area contributed by atoms with Crippen LogP contribution in [0.4, 0.5) is 4.39 Å². The summed E-state index contributed by atoms with van der Waals surface area (Å²) in [5, 5.41) is 8.68. The molecule has 84 valence electrons. The number of methoxy groups -OCH3 is 1. The van der Waals surface area contributed by atoms with Gasteiger partial charge in [-0.05, 0) is 18.9 Å². The van der Waals surface area contributed by atoms with E-state index in [4.69, 9.17) is 14.7 Å². The molecule has 0 aliphatic heterocycles. The van der Waals surface area contributed by atoms with Gasteiger partial charge in [0.2, 0.25) is 0 Å². The van der Waals surface area contributed by atoms with Crippen LogP contribution in [0.5, 0.6) is 11.5 Å². The van der Waals surface area contributed by atoms with Crippen LogP contribution in [0.1, 0.15) is 18.4 Å². The van der Waals surface area contributed by atoms with Crippen molar-refractivity contribution >= 4 is 0 Å². The van der Waals surface area contributed by atoms with Gasteiger partial charge in [-0.15, -0.1) is 0 Å². The van der Waals surface area contributed by atoms with Crippen LogP contribution in [0.25, 0.3) is 0 Å². The summed E-state index contributed by atoms with van der Waals surface area (Å²) < 4.78 is 23.9. The molecule has 0 spiro atoms. The first-order valence-corrected chi connectivity index (χ1v) is 5.14. The number of nitrogens with zero attached hydrogens (tertiary/aromatic N) is 1. The summed E-state index contributed by atoms with van der Waals surface area (Å²) >= 11 is 0. The molecule has 2 rings (SSSR count). The number of hydrogen-bond donors (Lipinski definition) is 0. The summed E-state index contributed by atoms with van der Waals surface area (Å²) in [6.07, 6.45) is 2.33. The van der Waals surface area contributed by atoms with Crippen LogP contribution in [0.3, 0.4) is 0 Å². The molecule has 3 nitrogen and oxygen atoms in total. The summed E-state index contributed by atoms with van der Waals surface area (Å²) in [5.74, 6) is 0.454. The van der Waals surface area contributed by atoms with E-state index in [2.05, 4.69) is 0 Å². The minimum atomic E-state index is -0.412. The monoisotopic (exact) mass is 221 g/mol. The van der Waals surface area contributed by atoms with Gasteiger partial charge in [0.15, 0.2) is 11.5 Å². The van der Waals surface area contributed by atoms with E-state index in [-0.39, 0.29) is 12.5 Å². The predicted octanol–water partition coefficient (Wildman–Crippen LogP) is 2.44. The molecule has 0 unspecified atom stereocenters. The van der Waals surface area contributed by atoms with Crippen LogP contribution in [0.15, 0.2) is 12.1 Å². The van der Waals surface area contributed by atoms with Crippen molar-refractivity contribution in [3.63, 3.8) is 0 Å². The van der Waals surface area contributed by atoms with Crippen molar-refractivity contribution in [2.75, 3.05) is 7.11 Å². The van der Waals surface area contributed by atoms with Crippen molar-refractivity contribution in [1.82, 2.24) is 0 Å². The van der Waals surface area contributed by atoms with Gasteiger partial charge in [0, 0.05) is 11.6 Å². The zero-order valence-corrected chi connectivity index (χ0v) is 9.00. The lowest BCUT2D eigenvalue weighted by molar-refractivity contribution is 0.278. The van der Waals surface area contributed by atoms with Crippen molar-refractivity contribution in [3.05, 3.63) is 23.5 Å². The summed E-state index contributed by atoms with van der Waals surface area (Å²) in [4.78, 5) is 0. The molecule has 4 heteroatoms. The third-order valence-electron chi connectivity index (χ3n) is 2.39. The number of benzene rings is 1. The molecular weight excluding hydrogens is 209 g/mol. The molecule has 0 heterocycles. The molecule has 0 atom stereocenters. The fraction of sp³-hybridized carbons (Fsp3) is 0.417. The summed E-state index contributed by atoms with van der Waals surface area (Å²) in [6.45, 7) is 0. The Balaban J connectivity index is 2.38. The highest BCUT2D eigenvalue weighted by atomic mass is 19.1. The Morgan fingerprint density at radius 3 is 2.81 bits per heavy atom. The molecule has 0 saturated heterocycles. The standard InChI is InChI=1S/C12H12FNO2/c1-15-11-7-9(13)6-8(4-5-14)12(11)16-10-2-3-10/h6-7,10H,2-4H2,1H3. The average Bonchev–Trinajstić information content (AvgIpc) is 3.05. The number of rotatable bonds is 4. The largest absolute Gasteiger partial charge is 0.493 e. The molecule has 1 aromatic rings. The molecule has 1 aromatic carbocycles. The smallest absolute Gasteiger partial charge is 0.166 e. The fourth-order valence-electron chi connectivity index (χ4n) is 1.48. The lowest BCUT2D eigenvalue weighted by atomic mass is 10.1. The highest BCUT2D eigenvalue weighted by molar-refractivity contribution is 5.48. The Hall–Kier alpha value is -1.76. The maximum atomic E-state index is 13.2. The molecule has 0 amide bonds. The van der Waals surface area contributed by atoms with Crippen LogP contribution >= 0.6 is 0 Å². The van der Waals surface area contributed by atoms with Crippen LogP contribution in [-0.2, 0) is 6.42 Å². The van der Waals surface area contributed by atoms with E-state index in [1.165, 1.54) is 19.2 Å². The van der Waals surface area contributed by atoms with Gasteiger partial charge in [-0.1, -0.05) is 0 Å². The van der Waals surface area contributed by atoms with Gasteiger partial charge in [0.25, 0.3) is 0 Å². The maximum Gasteiger partial charge on any atom is 0.166 e. The Kier molecular flexibility index (Phi) is 2.95. The van der Waals surface area contributed by atoms with E-state index in [1.807, 2.05) is 6.07 Å². The first-order valence-electron chi connectivity index (χ1n) is 5.14. The quantitative estimate of drug-likeness (QED) is 0.784. The van der Waals surface area contributed by atoms with Crippen molar-refractivity contribution in [1.29, 1.82) is 5.26 Å². The van der Waals surface area contributed by atoms with Crippen molar-refractivity contribution in [2.24, 2.45) is 0 Å². The molecule has 1 aliphatic rings. The SMILES string of the molecule is COc1cc(F)cc(CC#N)c1OC1CC1. The van der Waals surface area contributed by atoms with Crippen LogP contribution in [-0.4, -0.2) is 13.2 Å². The molecule has 1 saturated carbocycles. The molecule has 0 N–H and O–H groups in total. The molecule has 0 bridgehead atoms. The van der Waals surface area contributed by atoms with Crippen LogP contribution in [0.2, 0.25) is 0 Å². The molecule has 0 radical (unpaired) electrons. The van der Waals surface area contributed by atoms with Gasteiger partial charge in [0.1, 0.15) is 5.82 Å². The maximum absolute atomic E-state index is 13.2. The zero-order valence-electron chi connectivity index (χ0n) is 9.00. The predicted molar refractivity (Wildman–Crippen MR) is 55.9 cm³/mol. The summed E-state index contributed by atoms with van der Waals surface area (Å²) in [7, 11) is 1.46. The Bertz CT molecular complexity index is 435. The Morgan fingerprint density at radius 2 is 2.25 bits per heavy atom. The topological polar surface area (TPSA) is 42.2 Å². The highest BCUT2D eigenvalue weighted by Gasteiger charge is 2.26. The van der Waals surface area contributed by atoms with Crippen LogP contribution < -0.4 is 9.47 Å². The zero-order chi connectivity index (χ0) is 11.5. The first kappa shape index (κ1) is 10.7. The molecule has 16 heavy (non-hydrogen) atoms. The normalized spacial score (nSPS) is 14.3. The van der Waals surface area contributed by atoms with Gasteiger partial charge in [-0.25, -0.2) is 4.39 Å². The minimum absolute atomic E-state index is 0.121. The van der Waals surface area contributed by atoms with Gasteiger partial charge in [-0.3, -0.25) is 0 Å². The fourth-order valence-corrected chi connectivity index (χ4v) is 1.48. The second kappa shape index (κ2) is 4.40. The van der Waals surface area contributed by atoms with Gasteiger partial charge < -0.3 is 9.47 Å². The van der Waals surface area contributed by atoms with Crippen molar-refractivity contribution < 1.29 is 13.9 Å². The van der Waals surface area contributed by atoms with Gasteiger partial charge >= 0.3 is 0 Å². The second-order valence-corrected chi connectivity index (χ2v) is 3.75. The second-order valence-electron chi connectivity index (χ2n) is 3.75. The van der Waals surface area contributed by atoms with E-state index in [1.54, 1.807) is 0 Å². The summed E-state index contributed by atoms with van der Waals surface area (Å²) in [6, 6.07) is 4.59. The molecular formula is C12H12FNO2. The Labute approximate surface area is 93.4 Å². The lowest BCUT2D eigenvalue weighted by Crippen LogP contribution is -2.03. The molecule has 0 aromatic heterocycles.